The monoisotopic (exact) mass is 295 g/mol. The van der Waals surface area contributed by atoms with Crippen LogP contribution in [0.3, 0.4) is 0 Å². The highest BCUT2D eigenvalue weighted by Gasteiger charge is 2.15. The van der Waals surface area contributed by atoms with E-state index in [-0.39, 0.29) is 0 Å². The molecule has 3 heteroatoms. The molecule has 0 fully saturated rings. The molecule has 2 nitrogen and oxygen atoms in total. The largest absolute Gasteiger partial charge is 0.384 e. The van der Waals surface area contributed by atoms with Gasteiger partial charge in [-0.2, -0.15) is 0 Å². The molecule has 104 valence electrons. The van der Waals surface area contributed by atoms with Crippen molar-refractivity contribution in [3.8, 4) is 11.3 Å². The van der Waals surface area contributed by atoms with Gasteiger partial charge in [0.15, 0.2) is 0 Å². The molecule has 1 atom stereocenters. The number of rotatable bonds is 3. The standard InChI is InChI=1S/C18H14ClNO/c19-17-12-6-11-16(20-17)14-9-4-5-10-15(14)18(21)13-7-2-1-3-8-13/h1-12,18,21H. The molecule has 3 rings (SSSR count). The number of nitrogens with zero attached hydrogens (tertiary/aromatic N) is 1. The zero-order valence-electron chi connectivity index (χ0n) is 11.3. The normalized spacial score (nSPS) is 12.1. The third-order valence-electron chi connectivity index (χ3n) is 3.36. The predicted molar refractivity (Wildman–Crippen MR) is 85.2 cm³/mol. The number of benzene rings is 2. The molecule has 0 aliphatic heterocycles. The van der Waals surface area contributed by atoms with Crippen LogP contribution in [0.1, 0.15) is 17.2 Å². The SMILES string of the molecule is OC(c1ccccc1)c1ccccc1-c1cccc(Cl)n1. The van der Waals surface area contributed by atoms with E-state index < -0.39 is 6.10 Å². The van der Waals surface area contributed by atoms with E-state index in [1.54, 1.807) is 6.07 Å². The van der Waals surface area contributed by atoms with E-state index in [0.717, 1.165) is 22.4 Å². The van der Waals surface area contributed by atoms with Gasteiger partial charge in [-0.05, 0) is 23.3 Å². The number of hydrogen-bond acceptors (Lipinski definition) is 2. The van der Waals surface area contributed by atoms with Crippen molar-refractivity contribution < 1.29 is 5.11 Å². The van der Waals surface area contributed by atoms with Crippen LogP contribution < -0.4 is 0 Å². The first-order valence-electron chi connectivity index (χ1n) is 6.70. The van der Waals surface area contributed by atoms with Gasteiger partial charge in [0.25, 0.3) is 0 Å². The molecule has 0 saturated carbocycles. The summed E-state index contributed by atoms with van der Waals surface area (Å²) in [6, 6.07) is 22.8. The molecule has 0 aliphatic rings. The van der Waals surface area contributed by atoms with Gasteiger partial charge in [0.05, 0.1) is 5.69 Å². The first kappa shape index (κ1) is 13.8. The lowest BCUT2D eigenvalue weighted by Gasteiger charge is -2.15. The Labute approximate surface area is 128 Å². The fraction of sp³-hybridized carbons (Fsp3) is 0.0556. The number of aliphatic hydroxyl groups excluding tert-OH is 1. The van der Waals surface area contributed by atoms with Crippen molar-refractivity contribution in [3.05, 3.63) is 89.1 Å². The van der Waals surface area contributed by atoms with E-state index in [2.05, 4.69) is 4.98 Å². The van der Waals surface area contributed by atoms with Crippen LogP contribution >= 0.6 is 11.6 Å². The first-order valence-corrected chi connectivity index (χ1v) is 7.08. The first-order chi connectivity index (χ1) is 10.3. The van der Waals surface area contributed by atoms with Crippen molar-refractivity contribution in [2.24, 2.45) is 0 Å². The summed E-state index contributed by atoms with van der Waals surface area (Å²) in [7, 11) is 0. The van der Waals surface area contributed by atoms with E-state index >= 15 is 0 Å². The van der Waals surface area contributed by atoms with Crippen molar-refractivity contribution >= 4 is 11.6 Å². The van der Waals surface area contributed by atoms with Gasteiger partial charge in [-0.15, -0.1) is 0 Å². The molecule has 0 radical (unpaired) electrons. The molecule has 0 aliphatic carbocycles. The molecular weight excluding hydrogens is 282 g/mol. The van der Waals surface area contributed by atoms with E-state index in [0.29, 0.717) is 5.15 Å². The molecule has 0 saturated heterocycles. The predicted octanol–water partition coefficient (Wildman–Crippen LogP) is 4.48. The van der Waals surface area contributed by atoms with Crippen LogP contribution in [0.25, 0.3) is 11.3 Å². The van der Waals surface area contributed by atoms with Gasteiger partial charge < -0.3 is 5.11 Å². The number of hydrogen-bond donors (Lipinski definition) is 1. The zero-order valence-corrected chi connectivity index (χ0v) is 12.0. The second kappa shape index (κ2) is 6.08. The fourth-order valence-electron chi connectivity index (χ4n) is 2.34. The van der Waals surface area contributed by atoms with Gasteiger partial charge in [0.2, 0.25) is 0 Å². The van der Waals surface area contributed by atoms with Crippen molar-refractivity contribution in [2.75, 3.05) is 0 Å². The molecule has 3 aromatic rings. The lowest BCUT2D eigenvalue weighted by Crippen LogP contribution is -2.02. The van der Waals surface area contributed by atoms with Gasteiger partial charge in [-0.3, -0.25) is 0 Å². The zero-order chi connectivity index (χ0) is 14.7. The topological polar surface area (TPSA) is 33.1 Å². The van der Waals surface area contributed by atoms with Crippen LogP contribution in [-0.4, -0.2) is 10.1 Å². The second-order valence-corrected chi connectivity index (χ2v) is 5.13. The molecule has 1 unspecified atom stereocenters. The lowest BCUT2D eigenvalue weighted by atomic mass is 9.95. The highest BCUT2D eigenvalue weighted by atomic mass is 35.5. The Morgan fingerprint density at radius 1 is 0.810 bits per heavy atom. The molecule has 1 N–H and O–H groups in total. The maximum Gasteiger partial charge on any atom is 0.129 e. The Morgan fingerprint density at radius 3 is 2.29 bits per heavy atom. The fourth-order valence-corrected chi connectivity index (χ4v) is 2.51. The van der Waals surface area contributed by atoms with Crippen molar-refractivity contribution in [1.29, 1.82) is 0 Å². The number of pyridine rings is 1. The Hall–Kier alpha value is -2.16. The Balaban J connectivity index is 2.08. The third kappa shape index (κ3) is 2.97. The van der Waals surface area contributed by atoms with Crippen LogP contribution in [0.2, 0.25) is 5.15 Å². The molecule has 0 spiro atoms. The average molecular weight is 296 g/mol. The number of halogens is 1. The Bertz CT molecular complexity index is 743. The van der Waals surface area contributed by atoms with Crippen LogP contribution in [0, 0.1) is 0 Å². The summed E-state index contributed by atoms with van der Waals surface area (Å²) in [5.41, 5.74) is 3.31. The van der Waals surface area contributed by atoms with Gasteiger partial charge in [0.1, 0.15) is 11.3 Å². The summed E-state index contributed by atoms with van der Waals surface area (Å²) in [4.78, 5) is 4.33. The average Bonchev–Trinajstić information content (AvgIpc) is 2.55. The maximum absolute atomic E-state index is 10.6. The second-order valence-electron chi connectivity index (χ2n) is 4.75. The van der Waals surface area contributed by atoms with Gasteiger partial charge >= 0.3 is 0 Å². The highest BCUT2D eigenvalue weighted by Crippen LogP contribution is 2.31. The van der Waals surface area contributed by atoms with Crippen molar-refractivity contribution in [2.45, 2.75) is 6.10 Å². The number of aromatic nitrogens is 1. The van der Waals surface area contributed by atoms with Gasteiger partial charge in [0, 0.05) is 5.56 Å². The summed E-state index contributed by atoms with van der Waals surface area (Å²) >= 11 is 5.97. The highest BCUT2D eigenvalue weighted by molar-refractivity contribution is 6.29. The maximum atomic E-state index is 10.6. The molecule has 1 heterocycles. The Kier molecular flexibility index (Phi) is 4.00. The quantitative estimate of drug-likeness (QED) is 0.723. The molecule has 21 heavy (non-hydrogen) atoms. The van der Waals surface area contributed by atoms with Crippen molar-refractivity contribution in [1.82, 2.24) is 4.98 Å². The van der Waals surface area contributed by atoms with Crippen LogP contribution in [0.15, 0.2) is 72.8 Å². The minimum absolute atomic E-state index is 0.441. The third-order valence-corrected chi connectivity index (χ3v) is 3.57. The molecule has 1 aromatic heterocycles. The van der Waals surface area contributed by atoms with Gasteiger partial charge in [-0.25, -0.2) is 4.98 Å². The lowest BCUT2D eigenvalue weighted by molar-refractivity contribution is 0.221. The molecule has 0 bridgehead atoms. The molecule has 2 aromatic carbocycles. The Morgan fingerprint density at radius 2 is 1.52 bits per heavy atom. The summed E-state index contributed by atoms with van der Waals surface area (Å²) in [6.07, 6.45) is -0.691. The summed E-state index contributed by atoms with van der Waals surface area (Å²) in [6.45, 7) is 0. The number of aliphatic hydroxyl groups is 1. The van der Waals surface area contributed by atoms with Crippen LogP contribution in [0.5, 0.6) is 0 Å². The van der Waals surface area contributed by atoms with Crippen LogP contribution in [-0.2, 0) is 0 Å². The minimum Gasteiger partial charge on any atom is -0.384 e. The molecular formula is C18H14ClNO. The van der Waals surface area contributed by atoms with Crippen LogP contribution in [0.4, 0.5) is 0 Å². The summed E-state index contributed by atoms with van der Waals surface area (Å²) < 4.78 is 0. The van der Waals surface area contributed by atoms with E-state index in [4.69, 9.17) is 11.6 Å². The van der Waals surface area contributed by atoms with E-state index in [9.17, 15) is 5.11 Å². The summed E-state index contributed by atoms with van der Waals surface area (Å²) in [5.74, 6) is 0. The van der Waals surface area contributed by atoms with Crippen molar-refractivity contribution in [3.63, 3.8) is 0 Å². The molecule has 0 amide bonds. The smallest absolute Gasteiger partial charge is 0.129 e. The van der Waals surface area contributed by atoms with Gasteiger partial charge in [-0.1, -0.05) is 72.3 Å². The summed E-state index contributed by atoms with van der Waals surface area (Å²) in [5, 5.41) is 11.1. The van der Waals surface area contributed by atoms with E-state index in [1.165, 1.54) is 0 Å². The minimum atomic E-state index is -0.691. The van der Waals surface area contributed by atoms with E-state index in [1.807, 2.05) is 66.7 Å².